The fourth-order valence-corrected chi connectivity index (χ4v) is 5.79. The number of fused-ring (bicyclic) bond motifs is 1. The van der Waals surface area contributed by atoms with Crippen molar-refractivity contribution in [3.05, 3.63) is 82.7 Å². The van der Waals surface area contributed by atoms with Gasteiger partial charge < -0.3 is 16.0 Å². The first-order chi connectivity index (χ1) is 15.4. The van der Waals surface area contributed by atoms with Gasteiger partial charge >= 0.3 is 0 Å². The Morgan fingerprint density at radius 1 is 1.09 bits per heavy atom. The number of H-pyrrole nitrogens is 1. The van der Waals surface area contributed by atoms with Crippen molar-refractivity contribution in [1.82, 2.24) is 9.29 Å². The van der Waals surface area contributed by atoms with Gasteiger partial charge in [0.25, 0.3) is 5.91 Å². The first-order valence-electron chi connectivity index (χ1n) is 9.83. The standard InChI is InChI=1S/C22H20F2N4O4S/c1-22(2)19-17(11-28(22)33(31,32)14-8-12(23)7-13(24)9-14)18(10-26-19)27-21(30)16-6-4-3-5-15(16)20(25)29/h3-10,26H,11H2,1-2H3,(H2,25,29)(H,27,30). The smallest absolute Gasteiger partial charge is 0.256 e. The molecule has 0 radical (unpaired) electrons. The number of anilines is 1. The van der Waals surface area contributed by atoms with E-state index in [4.69, 9.17) is 5.73 Å². The summed E-state index contributed by atoms with van der Waals surface area (Å²) >= 11 is 0. The molecule has 4 rings (SSSR count). The Morgan fingerprint density at radius 2 is 1.70 bits per heavy atom. The Kier molecular flexibility index (Phi) is 5.33. The highest BCUT2D eigenvalue weighted by Gasteiger charge is 2.47. The second-order valence-electron chi connectivity index (χ2n) is 8.10. The number of carbonyl (C=O) groups is 2. The minimum atomic E-state index is -4.28. The highest BCUT2D eigenvalue weighted by Crippen LogP contribution is 2.44. The maximum absolute atomic E-state index is 13.7. The van der Waals surface area contributed by atoms with Crippen LogP contribution in [0.25, 0.3) is 0 Å². The van der Waals surface area contributed by atoms with Crippen molar-refractivity contribution in [3.8, 4) is 0 Å². The third-order valence-electron chi connectivity index (χ3n) is 5.63. The lowest BCUT2D eigenvalue weighted by molar-refractivity contribution is 0.0977. The highest BCUT2D eigenvalue weighted by molar-refractivity contribution is 7.89. The number of hydrogen-bond donors (Lipinski definition) is 3. The molecule has 8 nitrogen and oxygen atoms in total. The zero-order chi connectivity index (χ0) is 24.1. The van der Waals surface area contributed by atoms with E-state index >= 15 is 0 Å². The number of nitrogens with one attached hydrogen (secondary N) is 2. The van der Waals surface area contributed by atoms with Gasteiger partial charge in [-0.3, -0.25) is 9.59 Å². The number of halogens is 2. The van der Waals surface area contributed by atoms with Crippen molar-refractivity contribution in [3.63, 3.8) is 0 Å². The number of aromatic nitrogens is 1. The van der Waals surface area contributed by atoms with Crippen LogP contribution < -0.4 is 11.1 Å². The maximum Gasteiger partial charge on any atom is 0.256 e. The molecule has 172 valence electrons. The van der Waals surface area contributed by atoms with Crippen LogP contribution in [0, 0.1) is 11.6 Å². The van der Waals surface area contributed by atoms with Crippen LogP contribution in [0.4, 0.5) is 14.5 Å². The van der Waals surface area contributed by atoms with Crippen molar-refractivity contribution in [2.45, 2.75) is 30.8 Å². The first kappa shape index (κ1) is 22.6. The number of benzene rings is 2. The molecule has 33 heavy (non-hydrogen) atoms. The van der Waals surface area contributed by atoms with E-state index in [9.17, 15) is 26.8 Å². The van der Waals surface area contributed by atoms with Crippen LogP contribution in [0.1, 0.15) is 45.8 Å². The first-order valence-corrected chi connectivity index (χ1v) is 11.3. The van der Waals surface area contributed by atoms with E-state index in [0.717, 1.165) is 16.4 Å². The molecule has 0 fully saturated rings. The zero-order valence-electron chi connectivity index (χ0n) is 17.6. The minimum absolute atomic E-state index is 0.0415. The molecule has 11 heteroatoms. The molecule has 0 atom stereocenters. The SMILES string of the molecule is CC1(C)c2[nH]cc(NC(=O)c3ccccc3C(N)=O)c2CN1S(=O)(=O)c1cc(F)cc(F)c1. The molecule has 2 aromatic carbocycles. The predicted octanol–water partition coefficient (Wildman–Crippen LogP) is 3.08. The van der Waals surface area contributed by atoms with Gasteiger partial charge in [-0.2, -0.15) is 4.31 Å². The molecule has 0 unspecified atom stereocenters. The fraction of sp³-hybridized carbons (Fsp3) is 0.182. The lowest BCUT2D eigenvalue weighted by Crippen LogP contribution is -2.40. The summed E-state index contributed by atoms with van der Waals surface area (Å²) in [5.41, 5.74) is 5.66. The number of sulfonamides is 1. The van der Waals surface area contributed by atoms with E-state index in [1.165, 1.54) is 18.3 Å². The van der Waals surface area contributed by atoms with Gasteiger partial charge in [-0.15, -0.1) is 0 Å². The number of aromatic amines is 1. The quantitative estimate of drug-likeness (QED) is 0.525. The van der Waals surface area contributed by atoms with Crippen LogP contribution in [0.15, 0.2) is 53.6 Å². The average molecular weight is 474 g/mol. The van der Waals surface area contributed by atoms with E-state index < -0.39 is 43.9 Å². The fourth-order valence-electron chi connectivity index (χ4n) is 4.02. The average Bonchev–Trinajstić information content (AvgIpc) is 3.25. The summed E-state index contributed by atoms with van der Waals surface area (Å²) in [4.78, 5) is 26.9. The van der Waals surface area contributed by atoms with Gasteiger partial charge in [0.2, 0.25) is 15.9 Å². The van der Waals surface area contributed by atoms with E-state index in [1.807, 2.05) is 0 Å². The molecule has 1 aromatic heterocycles. The molecule has 0 saturated carbocycles. The topological polar surface area (TPSA) is 125 Å². The summed E-state index contributed by atoms with van der Waals surface area (Å²) in [6.07, 6.45) is 1.52. The number of rotatable bonds is 5. The third-order valence-corrected chi connectivity index (χ3v) is 7.63. The molecule has 1 aliphatic rings. The normalized spacial score (nSPS) is 15.3. The van der Waals surface area contributed by atoms with Crippen LogP contribution in [0.3, 0.4) is 0 Å². The molecule has 3 aromatic rings. The van der Waals surface area contributed by atoms with Gasteiger partial charge in [0.15, 0.2) is 0 Å². The van der Waals surface area contributed by atoms with Crippen molar-refractivity contribution in [2.75, 3.05) is 5.32 Å². The molecule has 2 heterocycles. The van der Waals surface area contributed by atoms with Crippen LogP contribution in [0.2, 0.25) is 0 Å². The molecular formula is C22H20F2N4O4S. The molecule has 0 bridgehead atoms. The van der Waals surface area contributed by atoms with E-state index in [2.05, 4.69) is 10.3 Å². The van der Waals surface area contributed by atoms with Gasteiger partial charge in [0.05, 0.1) is 27.2 Å². The van der Waals surface area contributed by atoms with Crippen molar-refractivity contribution in [2.24, 2.45) is 5.73 Å². The lowest BCUT2D eigenvalue weighted by Gasteiger charge is -2.31. The Morgan fingerprint density at radius 3 is 2.30 bits per heavy atom. The van der Waals surface area contributed by atoms with E-state index in [0.29, 0.717) is 23.0 Å². The Bertz CT molecular complexity index is 1380. The summed E-state index contributed by atoms with van der Waals surface area (Å²) in [6.45, 7) is 3.12. The Labute approximate surface area is 188 Å². The van der Waals surface area contributed by atoms with Crippen LogP contribution >= 0.6 is 0 Å². The second kappa shape index (κ2) is 7.78. The monoisotopic (exact) mass is 474 g/mol. The molecule has 1 aliphatic heterocycles. The van der Waals surface area contributed by atoms with Gasteiger partial charge in [-0.1, -0.05) is 12.1 Å². The summed E-state index contributed by atoms with van der Waals surface area (Å²) in [7, 11) is -4.28. The summed E-state index contributed by atoms with van der Waals surface area (Å²) in [5.74, 6) is -3.38. The number of nitrogens with zero attached hydrogens (tertiary/aromatic N) is 1. The number of nitrogens with two attached hydrogens (primary N) is 1. The number of primary amides is 1. The van der Waals surface area contributed by atoms with Crippen molar-refractivity contribution >= 4 is 27.5 Å². The van der Waals surface area contributed by atoms with Crippen molar-refractivity contribution < 1.29 is 26.8 Å². The van der Waals surface area contributed by atoms with Crippen LogP contribution in [-0.4, -0.2) is 29.5 Å². The summed E-state index contributed by atoms with van der Waals surface area (Å²) in [6, 6.07) is 8.13. The number of amides is 2. The van der Waals surface area contributed by atoms with Crippen LogP contribution in [-0.2, 0) is 22.1 Å². The predicted molar refractivity (Wildman–Crippen MR) is 116 cm³/mol. The summed E-state index contributed by atoms with van der Waals surface area (Å²) < 4.78 is 54.9. The number of carbonyl (C=O) groups excluding carboxylic acids is 2. The Hall–Kier alpha value is -3.57. The summed E-state index contributed by atoms with van der Waals surface area (Å²) in [5, 5.41) is 2.68. The minimum Gasteiger partial charge on any atom is -0.366 e. The van der Waals surface area contributed by atoms with E-state index in [1.54, 1.807) is 26.0 Å². The molecule has 0 aliphatic carbocycles. The van der Waals surface area contributed by atoms with Gasteiger partial charge in [-0.05, 0) is 38.1 Å². The molecule has 2 amide bonds. The van der Waals surface area contributed by atoms with Gasteiger partial charge in [0.1, 0.15) is 11.6 Å². The second-order valence-corrected chi connectivity index (χ2v) is 9.96. The highest BCUT2D eigenvalue weighted by atomic mass is 32.2. The number of hydrogen-bond acceptors (Lipinski definition) is 4. The largest absolute Gasteiger partial charge is 0.366 e. The third kappa shape index (κ3) is 3.79. The van der Waals surface area contributed by atoms with E-state index in [-0.39, 0.29) is 17.7 Å². The van der Waals surface area contributed by atoms with Gasteiger partial charge in [-0.25, -0.2) is 17.2 Å². The maximum atomic E-state index is 13.7. The lowest BCUT2D eigenvalue weighted by atomic mass is 10.0. The zero-order valence-corrected chi connectivity index (χ0v) is 18.5. The Balaban J connectivity index is 1.68. The van der Waals surface area contributed by atoms with Gasteiger partial charge in [0, 0.05) is 30.1 Å². The van der Waals surface area contributed by atoms with Crippen molar-refractivity contribution in [1.29, 1.82) is 0 Å². The van der Waals surface area contributed by atoms with Crippen LogP contribution in [0.5, 0.6) is 0 Å². The molecular weight excluding hydrogens is 454 g/mol. The molecule has 4 N–H and O–H groups in total. The molecule has 0 spiro atoms. The molecule has 0 saturated heterocycles.